The van der Waals surface area contributed by atoms with Gasteiger partial charge < -0.3 is 15.6 Å². The minimum atomic E-state index is -0.576. The van der Waals surface area contributed by atoms with Gasteiger partial charge in [-0.15, -0.1) is 0 Å². The molecule has 1 amide bonds. The number of hydrogen-bond donors (Lipinski definition) is 3. The van der Waals surface area contributed by atoms with Gasteiger partial charge >= 0.3 is 6.09 Å². The Morgan fingerprint density at radius 2 is 2.11 bits per heavy atom. The van der Waals surface area contributed by atoms with E-state index in [9.17, 15) is 9.90 Å². The number of nitrogen functional groups attached to an aromatic ring is 1. The molecule has 1 saturated heterocycles. The molecule has 1 unspecified atom stereocenters. The van der Waals surface area contributed by atoms with Gasteiger partial charge in [-0.3, -0.25) is 0 Å². The summed E-state index contributed by atoms with van der Waals surface area (Å²) >= 11 is 5.75. The Labute approximate surface area is 116 Å². The van der Waals surface area contributed by atoms with E-state index in [4.69, 9.17) is 22.1 Å². The molecule has 1 atom stereocenters. The van der Waals surface area contributed by atoms with Crippen LogP contribution in [0.4, 0.5) is 16.2 Å². The molecule has 104 valence electrons. The van der Waals surface area contributed by atoms with E-state index in [1.165, 1.54) is 17.1 Å². The fourth-order valence-corrected chi connectivity index (χ4v) is 1.82. The van der Waals surface area contributed by atoms with Crippen molar-refractivity contribution in [2.24, 2.45) is 5.41 Å². The quantitative estimate of drug-likeness (QED) is 0.545. The molecule has 1 aromatic carbocycles. The van der Waals surface area contributed by atoms with Gasteiger partial charge in [-0.05, 0) is 6.07 Å². The molecule has 4 N–H and O–H groups in total. The second kappa shape index (κ2) is 4.47. The van der Waals surface area contributed by atoms with E-state index >= 15 is 0 Å². The largest absolute Gasteiger partial charge is 0.506 e. The van der Waals surface area contributed by atoms with Gasteiger partial charge in [0.25, 0.3) is 0 Å². The lowest BCUT2D eigenvalue weighted by atomic mass is 9.95. The van der Waals surface area contributed by atoms with Crippen LogP contribution in [0.25, 0.3) is 0 Å². The number of carbonyl (C=O) groups excluding carboxylic acids is 1. The summed E-state index contributed by atoms with van der Waals surface area (Å²) in [5.41, 5.74) is 9.01. The van der Waals surface area contributed by atoms with Crippen molar-refractivity contribution in [1.29, 1.82) is 0 Å². The molecule has 1 aliphatic heterocycles. The van der Waals surface area contributed by atoms with Crippen molar-refractivity contribution in [3.8, 4) is 5.75 Å². The third kappa shape index (κ3) is 2.54. The number of hydrazine groups is 1. The second-order valence-electron chi connectivity index (χ2n) is 5.46. The summed E-state index contributed by atoms with van der Waals surface area (Å²) < 4.78 is 5.22. The van der Waals surface area contributed by atoms with Gasteiger partial charge in [0.05, 0.1) is 16.4 Å². The number of nitrogens with zero attached hydrogens (tertiary/aromatic N) is 1. The van der Waals surface area contributed by atoms with Crippen LogP contribution < -0.4 is 16.2 Å². The summed E-state index contributed by atoms with van der Waals surface area (Å²) in [7, 11) is 0. The number of anilines is 2. The Kier molecular flexibility index (Phi) is 3.24. The maximum Gasteiger partial charge on any atom is 0.430 e. The van der Waals surface area contributed by atoms with Crippen LogP contribution in [0.5, 0.6) is 5.75 Å². The minimum Gasteiger partial charge on any atom is -0.506 e. The number of halogens is 1. The van der Waals surface area contributed by atoms with Gasteiger partial charge in [0.2, 0.25) is 0 Å². The lowest BCUT2D eigenvalue weighted by molar-refractivity contribution is 0.0523. The van der Waals surface area contributed by atoms with E-state index in [-0.39, 0.29) is 21.9 Å². The summed E-state index contributed by atoms with van der Waals surface area (Å²) in [6.07, 6.45) is -1.05. The summed E-state index contributed by atoms with van der Waals surface area (Å²) in [5, 5.41) is 10.9. The van der Waals surface area contributed by atoms with Crippen LogP contribution in [0.1, 0.15) is 20.8 Å². The Morgan fingerprint density at radius 1 is 1.47 bits per heavy atom. The van der Waals surface area contributed by atoms with Crippen molar-refractivity contribution in [3.05, 3.63) is 17.2 Å². The number of ether oxygens (including phenoxy) is 1. The number of phenolic OH excluding ortho intramolecular Hbond substituents is 1. The van der Waals surface area contributed by atoms with Gasteiger partial charge in [-0.1, -0.05) is 32.4 Å². The van der Waals surface area contributed by atoms with Crippen LogP contribution in [-0.4, -0.2) is 17.4 Å². The molecule has 6 nitrogen and oxygen atoms in total. The smallest absolute Gasteiger partial charge is 0.430 e. The molecular formula is C12H16ClN3O3. The maximum atomic E-state index is 11.9. The van der Waals surface area contributed by atoms with Crippen molar-refractivity contribution in [3.63, 3.8) is 0 Å². The summed E-state index contributed by atoms with van der Waals surface area (Å²) in [6, 6.07) is 2.70. The highest BCUT2D eigenvalue weighted by atomic mass is 35.5. The number of rotatable bonds is 1. The molecule has 19 heavy (non-hydrogen) atoms. The van der Waals surface area contributed by atoms with Crippen LogP contribution in [0.2, 0.25) is 5.02 Å². The Morgan fingerprint density at radius 3 is 2.63 bits per heavy atom. The van der Waals surface area contributed by atoms with Crippen molar-refractivity contribution in [1.82, 2.24) is 5.43 Å². The molecule has 0 bridgehead atoms. The number of phenols is 1. The second-order valence-corrected chi connectivity index (χ2v) is 5.86. The molecule has 7 heteroatoms. The summed E-state index contributed by atoms with van der Waals surface area (Å²) in [5.74, 6) is -0.153. The molecule has 0 spiro atoms. The molecular weight excluding hydrogens is 270 g/mol. The normalized spacial score (nSPS) is 19.7. The fourth-order valence-electron chi connectivity index (χ4n) is 1.65. The first-order valence-electron chi connectivity index (χ1n) is 5.75. The predicted octanol–water partition coefficient (Wildman–Crippen LogP) is 2.46. The van der Waals surface area contributed by atoms with E-state index in [2.05, 4.69) is 5.43 Å². The zero-order valence-electron chi connectivity index (χ0n) is 10.9. The van der Waals surface area contributed by atoms with E-state index in [0.717, 1.165) is 0 Å². The fraction of sp³-hybridized carbons (Fsp3) is 0.417. The van der Waals surface area contributed by atoms with Gasteiger partial charge in [0, 0.05) is 11.5 Å². The molecule has 1 fully saturated rings. The third-order valence-electron chi connectivity index (χ3n) is 2.77. The number of nitrogens with two attached hydrogens (primary N) is 1. The van der Waals surface area contributed by atoms with Gasteiger partial charge in [0.1, 0.15) is 5.75 Å². The number of aromatic hydroxyl groups is 1. The highest BCUT2D eigenvalue weighted by Gasteiger charge is 2.39. The highest BCUT2D eigenvalue weighted by Crippen LogP contribution is 2.36. The molecule has 1 heterocycles. The van der Waals surface area contributed by atoms with Crippen LogP contribution in [-0.2, 0) is 4.74 Å². The van der Waals surface area contributed by atoms with E-state index in [1.54, 1.807) is 0 Å². The molecule has 0 aromatic heterocycles. The summed E-state index contributed by atoms with van der Waals surface area (Å²) in [4.78, 5) is 11.9. The first kappa shape index (κ1) is 13.8. The van der Waals surface area contributed by atoms with Gasteiger partial charge in [-0.2, -0.15) is 5.43 Å². The van der Waals surface area contributed by atoms with Crippen LogP contribution in [0, 0.1) is 5.41 Å². The van der Waals surface area contributed by atoms with Gasteiger partial charge in [-0.25, -0.2) is 9.80 Å². The van der Waals surface area contributed by atoms with E-state index in [1.807, 2.05) is 20.8 Å². The lowest BCUT2D eigenvalue weighted by Crippen LogP contribution is -2.43. The number of hydrogen-bond acceptors (Lipinski definition) is 5. The van der Waals surface area contributed by atoms with Gasteiger partial charge in [0.15, 0.2) is 6.23 Å². The number of amides is 1. The number of cyclic esters (lactones) is 1. The molecule has 0 radical (unpaired) electrons. The average Bonchev–Trinajstić information content (AvgIpc) is 2.65. The standard InChI is InChI=1S/C12H16ClN3O3/c1-12(2,3)10-15-16(11(18)19-10)8-5-9(17)6(13)4-7(8)14/h4-5,10,15,17H,14H2,1-3H3. The lowest BCUT2D eigenvalue weighted by Gasteiger charge is -2.25. The van der Waals surface area contributed by atoms with Crippen LogP contribution in [0.15, 0.2) is 12.1 Å². The molecule has 0 saturated carbocycles. The zero-order valence-corrected chi connectivity index (χ0v) is 11.7. The van der Waals surface area contributed by atoms with Crippen molar-refractivity contribution >= 4 is 29.1 Å². The predicted molar refractivity (Wildman–Crippen MR) is 72.9 cm³/mol. The Bertz CT molecular complexity index is 528. The first-order chi connectivity index (χ1) is 8.70. The number of nitrogens with one attached hydrogen (secondary N) is 1. The number of carbonyl (C=O) groups is 1. The number of benzene rings is 1. The van der Waals surface area contributed by atoms with Crippen molar-refractivity contribution in [2.45, 2.75) is 27.0 Å². The Balaban J connectivity index is 2.33. The zero-order chi connectivity index (χ0) is 14.4. The average molecular weight is 286 g/mol. The van der Waals surface area contributed by atoms with E-state index in [0.29, 0.717) is 5.69 Å². The van der Waals surface area contributed by atoms with E-state index < -0.39 is 12.3 Å². The molecule has 1 aromatic rings. The summed E-state index contributed by atoms with van der Waals surface area (Å²) in [6.45, 7) is 5.80. The molecule has 2 rings (SSSR count). The maximum absolute atomic E-state index is 11.9. The minimum absolute atomic E-state index is 0.126. The van der Waals surface area contributed by atoms with Crippen molar-refractivity contribution < 1.29 is 14.6 Å². The topological polar surface area (TPSA) is 87.8 Å². The Hall–Kier alpha value is -1.66. The van der Waals surface area contributed by atoms with Crippen LogP contribution >= 0.6 is 11.6 Å². The highest BCUT2D eigenvalue weighted by molar-refractivity contribution is 6.32. The monoisotopic (exact) mass is 285 g/mol. The molecule has 0 aliphatic carbocycles. The van der Waals surface area contributed by atoms with Crippen molar-refractivity contribution in [2.75, 3.05) is 10.7 Å². The van der Waals surface area contributed by atoms with Crippen LogP contribution in [0.3, 0.4) is 0 Å². The third-order valence-corrected chi connectivity index (χ3v) is 3.07. The SMILES string of the molecule is CC(C)(C)C1NN(c2cc(O)c(Cl)cc2N)C(=O)O1. The molecule has 1 aliphatic rings. The first-order valence-corrected chi connectivity index (χ1v) is 6.13.